The molecule has 0 bridgehead atoms. The van der Waals surface area contributed by atoms with Gasteiger partial charge in [-0.1, -0.05) is 131 Å². The van der Waals surface area contributed by atoms with Crippen LogP contribution in [0, 0.1) is 0 Å². The summed E-state index contributed by atoms with van der Waals surface area (Å²) < 4.78 is 10.5. The minimum absolute atomic E-state index is 0.107. The number of aliphatic hydroxyl groups is 1. The van der Waals surface area contributed by atoms with Crippen LogP contribution in [0.3, 0.4) is 0 Å². The maximum Gasteiger partial charge on any atom is 0.306 e. The van der Waals surface area contributed by atoms with E-state index >= 15 is 0 Å². The van der Waals surface area contributed by atoms with Crippen LogP contribution in [0.15, 0.2) is 85.1 Å². The Morgan fingerprint density at radius 2 is 0.957 bits per heavy atom. The van der Waals surface area contributed by atoms with Gasteiger partial charge in [0.2, 0.25) is 0 Å². The average Bonchev–Trinajstić information content (AvgIpc) is 3.06. The highest BCUT2D eigenvalue weighted by atomic mass is 16.6. The number of carbonyl (C=O) groups excluding carboxylic acids is 2. The van der Waals surface area contributed by atoms with Crippen molar-refractivity contribution in [1.82, 2.24) is 0 Å². The molecule has 0 heterocycles. The standard InChI is InChI=1S/C41H66O5/c1-3-5-7-9-11-13-15-17-19-20-22-23-25-27-29-31-33-35-40(43)45-38-39(37-42)46-41(44)36-34-32-30-28-26-24-21-18-16-14-12-10-8-6-4-2/h6,8,11-14,17-19,21-23,27,29,39,42H,3-5,7,9-10,15-16,20,24-26,28,30-38H2,1-2H3/b8-6-,13-11-,14-12-,19-17-,21-18-,23-22-,29-27-/t39-/m0/s1. The van der Waals surface area contributed by atoms with Crippen LogP contribution in [0.25, 0.3) is 0 Å². The van der Waals surface area contributed by atoms with Crippen molar-refractivity contribution in [3.63, 3.8) is 0 Å². The van der Waals surface area contributed by atoms with Crippen LogP contribution >= 0.6 is 0 Å². The van der Waals surface area contributed by atoms with Crippen molar-refractivity contribution in [1.29, 1.82) is 0 Å². The normalized spacial score (nSPS) is 13.2. The van der Waals surface area contributed by atoms with E-state index in [9.17, 15) is 14.7 Å². The fraction of sp³-hybridized carbons (Fsp3) is 0.610. The molecule has 5 nitrogen and oxygen atoms in total. The number of esters is 2. The molecule has 0 amide bonds. The van der Waals surface area contributed by atoms with Gasteiger partial charge in [0.15, 0.2) is 6.10 Å². The lowest BCUT2D eigenvalue weighted by molar-refractivity contribution is -0.161. The minimum atomic E-state index is -0.806. The topological polar surface area (TPSA) is 72.8 Å². The van der Waals surface area contributed by atoms with Crippen molar-refractivity contribution < 1.29 is 24.2 Å². The number of hydrogen-bond donors (Lipinski definition) is 1. The summed E-state index contributed by atoms with van der Waals surface area (Å²) in [6.45, 7) is 3.91. The third-order valence-corrected chi connectivity index (χ3v) is 7.17. The van der Waals surface area contributed by atoms with Crippen LogP contribution in [-0.4, -0.2) is 36.4 Å². The van der Waals surface area contributed by atoms with Crippen molar-refractivity contribution in [3.8, 4) is 0 Å². The van der Waals surface area contributed by atoms with Gasteiger partial charge in [-0.15, -0.1) is 0 Å². The van der Waals surface area contributed by atoms with E-state index in [-0.39, 0.29) is 25.2 Å². The summed E-state index contributed by atoms with van der Waals surface area (Å²) in [7, 11) is 0. The number of unbranched alkanes of at least 4 members (excludes halogenated alkanes) is 9. The number of carbonyl (C=O) groups is 2. The highest BCUT2D eigenvalue weighted by Gasteiger charge is 2.15. The second kappa shape index (κ2) is 36.5. The molecule has 0 saturated heterocycles. The molecular weight excluding hydrogens is 572 g/mol. The molecule has 0 aromatic rings. The van der Waals surface area contributed by atoms with E-state index in [1.807, 2.05) is 0 Å². The first-order valence-electron chi connectivity index (χ1n) is 18.1. The average molecular weight is 639 g/mol. The van der Waals surface area contributed by atoms with Crippen molar-refractivity contribution in [2.24, 2.45) is 0 Å². The lowest BCUT2D eigenvalue weighted by atomic mass is 10.1. The molecule has 0 aliphatic heterocycles. The van der Waals surface area contributed by atoms with E-state index in [1.54, 1.807) is 0 Å². The van der Waals surface area contributed by atoms with Gasteiger partial charge in [-0.05, 0) is 83.5 Å². The van der Waals surface area contributed by atoms with E-state index in [0.29, 0.717) is 19.3 Å². The lowest BCUT2D eigenvalue weighted by Crippen LogP contribution is -2.28. The molecule has 1 N–H and O–H groups in total. The van der Waals surface area contributed by atoms with E-state index in [2.05, 4.69) is 98.9 Å². The van der Waals surface area contributed by atoms with Crippen LogP contribution in [0.5, 0.6) is 0 Å². The molecule has 5 heteroatoms. The van der Waals surface area contributed by atoms with Gasteiger partial charge in [0.1, 0.15) is 6.61 Å². The third-order valence-electron chi connectivity index (χ3n) is 7.17. The molecule has 0 spiro atoms. The maximum absolute atomic E-state index is 12.1. The summed E-state index contributed by atoms with van der Waals surface area (Å²) in [5, 5.41) is 9.52. The summed E-state index contributed by atoms with van der Waals surface area (Å²) in [6.07, 6.45) is 49.2. The molecule has 0 aromatic carbocycles. The molecule has 0 aliphatic carbocycles. The number of aliphatic hydroxyl groups excluding tert-OH is 1. The maximum atomic E-state index is 12.1. The van der Waals surface area contributed by atoms with E-state index in [0.717, 1.165) is 83.5 Å². The predicted octanol–water partition coefficient (Wildman–Crippen LogP) is 11.2. The van der Waals surface area contributed by atoms with Crippen molar-refractivity contribution in [2.75, 3.05) is 13.2 Å². The van der Waals surface area contributed by atoms with Gasteiger partial charge in [0.25, 0.3) is 0 Å². The highest BCUT2D eigenvalue weighted by molar-refractivity contribution is 5.70. The Morgan fingerprint density at radius 3 is 1.48 bits per heavy atom. The molecule has 260 valence electrons. The Bertz CT molecular complexity index is 906. The van der Waals surface area contributed by atoms with Crippen LogP contribution in [0.2, 0.25) is 0 Å². The second-order valence-electron chi connectivity index (χ2n) is 11.6. The highest BCUT2D eigenvalue weighted by Crippen LogP contribution is 2.10. The van der Waals surface area contributed by atoms with Crippen molar-refractivity contribution >= 4 is 11.9 Å². The first-order valence-corrected chi connectivity index (χ1v) is 18.1. The van der Waals surface area contributed by atoms with E-state index in [4.69, 9.17) is 9.47 Å². The van der Waals surface area contributed by atoms with Crippen molar-refractivity contribution in [3.05, 3.63) is 85.1 Å². The van der Waals surface area contributed by atoms with Crippen LogP contribution in [0.4, 0.5) is 0 Å². The third kappa shape index (κ3) is 34.0. The predicted molar refractivity (Wildman–Crippen MR) is 196 cm³/mol. The van der Waals surface area contributed by atoms with Gasteiger partial charge in [0, 0.05) is 12.8 Å². The Balaban J connectivity index is 3.74. The van der Waals surface area contributed by atoms with Gasteiger partial charge >= 0.3 is 11.9 Å². The SMILES string of the molecule is CC/C=C\C/C=C\C/C=C\CCCCCCCC(=O)O[C@@H](CO)COC(=O)CCC/C=C\C/C=C\C/C=C\C/C=C\CCCCC. The smallest absolute Gasteiger partial charge is 0.306 e. The quantitative estimate of drug-likeness (QED) is 0.0465. The molecule has 0 unspecified atom stereocenters. The Kier molecular flexibility index (Phi) is 34.2. The monoisotopic (exact) mass is 638 g/mol. The van der Waals surface area contributed by atoms with Crippen molar-refractivity contribution in [2.45, 2.75) is 148 Å². The molecule has 0 aromatic heterocycles. The lowest BCUT2D eigenvalue weighted by Gasteiger charge is -2.15. The minimum Gasteiger partial charge on any atom is -0.462 e. The summed E-state index contributed by atoms with van der Waals surface area (Å²) in [5.41, 5.74) is 0. The molecule has 0 aliphatic rings. The number of allylic oxidation sites excluding steroid dienone is 14. The summed E-state index contributed by atoms with van der Waals surface area (Å²) in [6, 6.07) is 0. The van der Waals surface area contributed by atoms with Gasteiger partial charge in [-0.3, -0.25) is 9.59 Å². The first-order chi connectivity index (χ1) is 22.6. The largest absolute Gasteiger partial charge is 0.462 e. The Hall–Kier alpha value is -2.92. The van der Waals surface area contributed by atoms with Crippen LogP contribution in [0.1, 0.15) is 142 Å². The molecular formula is C41H66O5. The molecule has 1 atom stereocenters. The molecule has 0 saturated carbocycles. The fourth-order valence-corrected chi connectivity index (χ4v) is 4.44. The summed E-state index contributed by atoms with van der Waals surface area (Å²) in [5.74, 6) is -0.687. The Morgan fingerprint density at radius 1 is 0.522 bits per heavy atom. The fourth-order valence-electron chi connectivity index (χ4n) is 4.44. The number of hydrogen-bond acceptors (Lipinski definition) is 5. The van der Waals surface area contributed by atoms with Crippen LogP contribution in [-0.2, 0) is 19.1 Å². The van der Waals surface area contributed by atoms with Gasteiger partial charge in [-0.25, -0.2) is 0 Å². The van der Waals surface area contributed by atoms with Gasteiger partial charge in [-0.2, -0.15) is 0 Å². The summed E-state index contributed by atoms with van der Waals surface area (Å²) in [4.78, 5) is 24.2. The molecule has 46 heavy (non-hydrogen) atoms. The second-order valence-corrected chi connectivity index (χ2v) is 11.6. The zero-order valence-corrected chi connectivity index (χ0v) is 29.3. The molecule has 0 fully saturated rings. The van der Waals surface area contributed by atoms with Gasteiger partial charge < -0.3 is 14.6 Å². The molecule has 0 rings (SSSR count). The summed E-state index contributed by atoms with van der Waals surface area (Å²) >= 11 is 0. The first kappa shape index (κ1) is 43.1. The van der Waals surface area contributed by atoms with E-state index in [1.165, 1.54) is 25.7 Å². The Labute approximate surface area is 282 Å². The number of rotatable bonds is 31. The van der Waals surface area contributed by atoms with Gasteiger partial charge in [0.05, 0.1) is 6.61 Å². The van der Waals surface area contributed by atoms with Crippen LogP contribution < -0.4 is 0 Å². The zero-order valence-electron chi connectivity index (χ0n) is 29.3. The van der Waals surface area contributed by atoms with E-state index < -0.39 is 6.10 Å². The molecule has 0 radical (unpaired) electrons. The number of ether oxygens (including phenoxy) is 2. The zero-order chi connectivity index (χ0) is 33.6.